The average Bonchev–Trinajstić information content (AvgIpc) is 2.83. The molecule has 0 saturated carbocycles. The number of hydrogen-bond donors (Lipinski definition) is 1. The summed E-state index contributed by atoms with van der Waals surface area (Å²) in [5.41, 5.74) is 1.26. The highest BCUT2D eigenvalue weighted by molar-refractivity contribution is 5.44. The molecule has 1 fully saturated rings. The predicted octanol–water partition coefficient (Wildman–Crippen LogP) is 2.02. The molecule has 0 amide bonds. The average molecular weight is 250 g/mol. The highest BCUT2D eigenvalue weighted by Crippen LogP contribution is 2.23. The Bertz CT molecular complexity index is 374. The van der Waals surface area contributed by atoms with Crippen molar-refractivity contribution in [1.29, 1.82) is 0 Å². The lowest BCUT2D eigenvalue weighted by Gasteiger charge is -2.42. The Labute approximate surface area is 110 Å². The summed E-state index contributed by atoms with van der Waals surface area (Å²) in [6.45, 7) is 9.05. The first-order chi connectivity index (χ1) is 8.65. The third-order valence-corrected chi connectivity index (χ3v) is 4.27. The van der Waals surface area contributed by atoms with Crippen molar-refractivity contribution in [2.75, 3.05) is 18.0 Å². The van der Waals surface area contributed by atoms with E-state index in [9.17, 15) is 0 Å². The summed E-state index contributed by atoms with van der Waals surface area (Å²) in [7, 11) is 1.98. The molecule has 3 unspecified atom stereocenters. The summed E-state index contributed by atoms with van der Waals surface area (Å²) in [5.74, 6) is 0.724. The Morgan fingerprint density at radius 2 is 2.28 bits per heavy atom. The van der Waals surface area contributed by atoms with Gasteiger partial charge in [-0.25, -0.2) is 0 Å². The lowest BCUT2D eigenvalue weighted by Crippen LogP contribution is -2.58. The normalized spacial score (nSPS) is 26.3. The summed E-state index contributed by atoms with van der Waals surface area (Å²) >= 11 is 0. The van der Waals surface area contributed by atoms with Crippen molar-refractivity contribution in [1.82, 2.24) is 15.1 Å². The summed E-state index contributed by atoms with van der Waals surface area (Å²) in [6.07, 6.45) is 6.52. The van der Waals surface area contributed by atoms with Gasteiger partial charge in [0.2, 0.25) is 0 Å². The van der Waals surface area contributed by atoms with Crippen LogP contribution in [0.15, 0.2) is 12.4 Å². The summed E-state index contributed by atoms with van der Waals surface area (Å²) < 4.78 is 1.89. The highest BCUT2D eigenvalue weighted by Gasteiger charge is 2.29. The van der Waals surface area contributed by atoms with Crippen molar-refractivity contribution in [3.05, 3.63) is 12.4 Å². The van der Waals surface area contributed by atoms with E-state index >= 15 is 0 Å². The zero-order valence-corrected chi connectivity index (χ0v) is 12.1. The molecule has 0 aliphatic carbocycles. The fraction of sp³-hybridized carbons (Fsp3) is 0.786. The number of nitrogens with zero attached hydrogens (tertiary/aromatic N) is 3. The predicted molar refractivity (Wildman–Crippen MR) is 75.9 cm³/mol. The molecule has 0 aromatic carbocycles. The molecule has 18 heavy (non-hydrogen) atoms. The van der Waals surface area contributed by atoms with Crippen molar-refractivity contribution in [2.24, 2.45) is 13.0 Å². The molecule has 1 aromatic rings. The third kappa shape index (κ3) is 2.69. The van der Waals surface area contributed by atoms with E-state index in [1.165, 1.54) is 18.5 Å². The van der Waals surface area contributed by atoms with Crippen LogP contribution < -0.4 is 10.2 Å². The van der Waals surface area contributed by atoms with Crippen molar-refractivity contribution in [3.8, 4) is 0 Å². The van der Waals surface area contributed by atoms with Crippen LogP contribution in [0.1, 0.15) is 33.6 Å². The van der Waals surface area contributed by atoms with Gasteiger partial charge in [0.15, 0.2) is 0 Å². The minimum absolute atomic E-state index is 0.592. The van der Waals surface area contributed by atoms with Crippen molar-refractivity contribution >= 4 is 5.69 Å². The molecule has 0 spiro atoms. The maximum absolute atomic E-state index is 4.31. The molecule has 4 nitrogen and oxygen atoms in total. The first-order valence-corrected chi connectivity index (χ1v) is 7.14. The van der Waals surface area contributed by atoms with E-state index in [0.29, 0.717) is 12.1 Å². The Morgan fingerprint density at radius 3 is 2.83 bits per heavy atom. The van der Waals surface area contributed by atoms with Gasteiger partial charge in [0.25, 0.3) is 0 Å². The minimum Gasteiger partial charge on any atom is -0.363 e. The number of hydrogen-bond acceptors (Lipinski definition) is 3. The van der Waals surface area contributed by atoms with Crippen LogP contribution in [0.3, 0.4) is 0 Å². The first kappa shape index (κ1) is 13.4. The molecule has 2 heterocycles. The number of aromatic nitrogens is 2. The van der Waals surface area contributed by atoms with Gasteiger partial charge in [-0.15, -0.1) is 0 Å². The van der Waals surface area contributed by atoms with Crippen molar-refractivity contribution in [3.63, 3.8) is 0 Å². The van der Waals surface area contributed by atoms with Crippen LogP contribution in [0.2, 0.25) is 0 Å². The quantitative estimate of drug-likeness (QED) is 0.887. The first-order valence-electron chi connectivity index (χ1n) is 7.14. The lowest BCUT2D eigenvalue weighted by molar-refractivity contribution is 0.306. The van der Waals surface area contributed by atoms with Gasteiger partial charge in [0.05, 0.1) is 11.9 Å². The molecule has 0 radical (unpaired) electrons. The maximum atomic E-state index is 4.31. The van der Waals surface area contributed by atoms with Gasteiger partial charge in [0, 0.05) is 38.4 Å². The van der Waals surface area contributed by atoms with Gasteiger partial charge < -0.3 is 10.2 Å². The fourth-order valence-corrected chi connectivity index (χ4v) is 2.73. The van der Waals surface area contributed by atoms with E-state index in [0.717, 1.165) is 19.0 Å². The number of anilines is 1. The van der Waals surface area contributed by atoms with Gasteiger partial charge >= 0.3 is 0 Å². The smallest absolute Gasteiger partial charge is 0.0755 e. The molecular weight excluding hydrogens is 224 g/mol. The Morgan fingerprint density at radius 1 is 1.50 bits per heavy atom. The largest absolute Gasteiger partial charge is 0.363 e. The van der Waals surface area contributed by atoms with Gasteiger partial charge in [0.1, 0.15) is 0 Å². The second kappa shape index (κ2) is 5.74. The van der Waals surface area contributed by atoms with E-state index in [2.05, 4.69) is 42.3 Å². The van der Waals surface area contributed by atoms with E-state index in [1.54, 1.807) is 0 Å². The summed E-state index contributed by atoms with van der Waals surface area (Å²) in [6, 6.07) is 1.19. The molecule has 0 bridgehead atoms. The molecule has 1 aliphatic heterocycles. The standard InChI is InChI=1S/C14H26N4/c1-5-11(3)14-10-18(12(6-2)7-15-14)13-8-16-17(4)9-13/h8-9,11-12,14-15H,5-7,10H2,1-4H3. The molecular formula is C14H26N4. The zero-order valence-electron chi connectivity index (χ0n) is 12.1. The molecule has 1 N–H and O–H groups in total. The minimum atomic E-state index is 0.592. The second-order valence-corrected chi connectivity index (χ2v) is 5.49. The van der Waals surface area contributed by atoms with Crippen LogP contribution in [0.4, 0.5) is 5.69 Å². The van der Waals surface area contributed by atoms with Gasteiger partial charge in [-0.05, 0) is 12.3 Å². The zero-order chi connectivity index (χ0) is 13.1. The number of nitrogens with one attached hydrogen (secondary N) is 1. The summed E-state index contributed by atoms with van der Waals surface area (Å²) in [5, 5.41) is 8.01. The molecule has 1 aliphatic rings. The molecule has 3 atom stereocenters. The van der Waals surface area contributed by atoms with E-state index in [-0.39, 0.29) is 0 Å². The monoisotopic (exact) mass is 250 g/mol. The van der Waals surface area contributed by atoms with Crippen LogP contribution in [0.25, 0.3) is 0 Å². The fourth-order valence-electron chi connectivity index (χ4n) is 2.73. The van der Waals surface area contributed by atoms with Gasteiger partial charge in [-0.3, -0.25) is 4.68 Å². The molecule has 2 rings (SSSR count). The summed E-state index contributed by atoms with van der Waals surface area (Å²) in [4.78, 5) is 2.53. The Balaban J connectivity index is 2.13. The molecule has 102 valence electrons. The van der Waals surface area contributed by atoms with Crippen LogP contribution in [0.5, 0.6) is 0 Å². The van der Waals surface area contributed by atoms with Gasteiger partial charge in [-0.2, -0.15) is 5.10 Å². The van der Waals surface area contributed by atoms with Crippen molar-refractivity contribution < 1.29 is 0 Å². The number of rotatable bonds is 4. The Hall–Kier alpha value is -1.03. The van der Waals surface area contributed by atoms with Crippen LogP contribution in [-0.2, 0) is 7.05 Å². The highest BCUT2D eigenvalue weighted by atomic mass is 15.3. The maximum Gasteiger partial charge on any atom is 0.0755 e. The van der Waals surface area contributed by atoms with E-state index in [4.69, 9.17) is 0 Å². The number of piperazine rings is 1. The topological polar surface area (TPSA) is 33.1 Å². The second-order valence-electron chi connectivity index (χ2n) is 5.49. The van der Waals surface area contributed by atoms with Crippen molar-refractivity contribution in [2.45, 2.75) is 45.7 Å². The van der Waals surface area contributed by atoms with E-state index < -0.39 is 0 Å². The SMILES string of the molecule is CCC(C)C1CN(c2cnn(C)c2)C(CC)CN1. The molecule has 1 saturated heterocycles. The van der Waals surface area contributed by atoms with Crippen LogP contribution in [0, 0.1) is 5.92 Å². The van der Waals surface area contributed by atoms with Gasteiger partial charge in [-0.1, -0.05) is 27.2 Å². The Kier molecular flexibility index (Phi) is 4.27. The van der Waals surface area contributed by atoms with Crippen LogP contribution >= 0.6 is 0 Å². The van der Waals surface area contributed by atoms with Crippen LogP contribution in [-0.4, -0.2) is 35.0 Å². The lowest BCUT2D eigenvalue weighted by atomic mass is 9.94. The number of aryl methyl sites for hydroxylation is 1. The molecule has 4 heteroatoms. The van der Waals surface area contributed by atoms with E-state index in [1.807, 2.05) is 17.9 Å². The molecule has 1 aromatic heterocycles. The third-order valence-electron chi connectivity index (χ3n) is 4.27.